The topological polar surface area (TPSA) is 45.2 Å². The SMILES string of the molecule is CC1C(NC(=O)c2ccc(Sc3cncc(C(F)(F)F)c3)cc2)C2CCN1CC2. The number of alkyl halides is 3. The molecular weight excluding hydrogens is 399 g/mol. The summed E-state index contributed by atoms with van der Waals surface area (Å²) < 4.78 is 38.5. The maximum atomic E-state index is 12.8. The minimum absolute atomic E-state index is 0.104. The van der Waals surface area contributed by atoms with Gasteiger partial charge in [-0.2, -0.15) is 13.2 Å². The zero-order valence-corrected chi connectivity index (χ0v) is 16.8. The first-order valence-electron chi connectivity index (χ1n) is 9.66. The van der Waals surface area contributed by atoms with E-state index in [1.165, 1.54) is 18.0 Å². The molecule has 1 amide bonds. The van der Waals surface area contributed by atoms with Crippen molar-refractivity contribution in [1.82, 2.24) is 15.2 Å². The Labute approximate surface area is 171 Å². The lowest BCUT2D eigenvalue weighted by Gasteiger charge is -2.49. The number of hydrogen-bond donors (Lipinski definition) is 1. The summed E-state index contributed by atoms with van der Waals surface area (Å²) in [5.74, 6) is 0.426. The van der Waals surface area contributed by atoms with Crippen molar-refractivity contribution in [2.45, 2.75) is 47.8 Å². The van der Waals surface area contributed by atoms with E-state index in [1.807, 2.05) is 0 Å². The summed E-state index contributed by atoms with van der Waals surface area (Å²) in [7, 11) is 0. The first-order valence-corrected chi connectivity index (χ1v) is 10.5. The Morgan fingerprint density at radius 2 is 1.83 bits per heavy atom. The van der Waals surface area contributed by atoms with Crippen LogP contribution in [0, 0.1) is 5.92 Å². The van der Waals surface area contributed by atoms with Gasteiger partial charge < -0.3 is 5.32 Å². The Morgan fingerprint density at radius 1 is 1.14 bits per heavy atom. The van der Waals surface area contributed by atoms with E-state index in [4.69, 9.17) is 0 Å². The minimum Gasteiger partial charge on any atom is -0.347 e. The van der Waals surface area contributed by atoms with E-state index in [-0.39, 0.29) is 11.9 Å². The van der Waals surface area contributed by atoms with Crippen LogP contribution < -0.4 is 5.32 Å². The number of hydrogen-bond acceptors (Lipinski definition) is 4. The van der Waals surface area contributed by atoms with E-state index in [9.17, 15) is 18.0 Å². The molecule has 3 fully saturated rings. The van der Waals surface area contributed by atoms with E-state index in [0.29, 0.717) is 22.4 Å². The molecule has 0 radical (unpaired) electrons. The Bertz CT molecular complexity index is 877. The number of rotatable bonds is 4. The summed E-state index contributed by atoms with van der Waals surface area (Å²) in [5, 5.41) is 3.19. The molecule has 3 aliphatic rings. The highest BCUT2D eigenvalue weighted by Crippen LogP contribution is 2.34. The molecule has 1 aromatic carbocycles. The molecule has 2 aromatic rings. The molecule has 1 N–H and O–H groups in total. The molecule has 4 heterocycles. The molecule has 0 saturated carbocycles. The lowest BCUT2D eigenvalue weighted by Crippen LogP contribution is -2.62. The smallest absolute Gasteiger partial charge is 0.347 e. The Balaban J connectivity index is 1.41. The van der Waals surface area contributed by atoms with Crippen molar-refractivity contribution in [3.05, 3.63) is 53.9 Å². The third-order valence-corrected chi connectivity index (χ3v) is 6.84. The number of nitrogens with zero attached hydrogens (tertiary/aromatic N) is 2. The van der Waals surface area contributed by atoms with Gasteiger partial charge in [0.25, 0.3) is 5.91 Å². The summed E-state index contributed by atoms with van der Waals surface area (Å²) >= 11 is 1.18. The number of aromatic nitrogens is 1. The quantitative estimate of drug-likeness (QED) is 0.792. The van der Waals surface area contributed by atoms with Crippen molar-refractivity contribution in [3.63, 3.8) is 0 Å². The van der Waals surface area contributed by atoms with Crippen molar-refractivity contribution in [1.29, 1.82) is 0 Å². The average Bonchev–Trinajstić information content (AvgIpc) is 2.71. The van der Waals surface area contributed by atoms with Gasteiger partial charge >= 0.3 is 6.18 Å². The lowest BCUT2D eigenvalue weighted by molar-refractivity contribution is -0.138. The van der Waals surface area contributed by atoms with Gasteiger partial charge in [-0.25, -0.2) is 0 Å². The maximum Gasteiger partial charge on any atom is 0.417 e. The second kappa shape index (κ2) is 7.99. The van der Waals surface area contributed by atoms with Crippen LogP contribution in [0.25, 0.3) is 0 Å². The van der Waals surface area contributed by atoms with Crippen molar-refractivity contribution < 1.29 is 18.0 Å². The molecule has 1 aromatic heterocycles. The van der Waals surface area contributed by atoms with Crippen molar-refractivity contribution in [2.75, 3.05) is 13.1 Å². The molecule has 2 unspecified atom stereocenters. The highest BCUT2D eigenvalue weighted by molar-refractivity contribution is 7.99. The predicted molar refractivity (Wildman–Crippen MR) is 105 cm³/mol. The summed E-state index contributed by atoms with van der Waals surface area (Å²) in [6, 6.07) is 8.51. The second-order valence-electron chi connectivity index (χ2n) is 7.65. The van der Waals surface area contributed by atoms with Gasteiger partial charge in [0, 0.05) is 39.8 Å². The van der Waals surface area contributed by atoms with Crippen LogP contribution in [0.5, 0.6) is 0 Å². The van der Waals surface area contributed by atoms with Crippen molar-refractivity contribution >= 4 is 17.7 Å². The van der Waals surface area contributed by atoms with E-state index in [1.54, 1.807) is 24.3 Å². The molecule has 2 atom stereocenters. The van der Waals surface area contributed by atoms with Gasteiger partial charge in [-0.3, -0.25) is 14.7 Å². The molecule has 8 heteroatoms. The van der Waals surface area contributed by atoms with Gasteiger partial charge in [0.15, 0.2) is 0 Å². The predicted octanol–water partition coefficient (Wildman–Crippen LogP) is 4.46. The molecule has 29 heavy (non-hydrogen) atoms. The summed E-state index contributed by atoms with van der Waals surface area (Å²) in [4.78, 5) is 19.9. The van der Waals surface area contributed by atoms with Gasteiger partial charge in [0.1, 0.15) is 0 Å². The molecule has 0 spiro atoms. The highest BCUT2D eigenvalue weighted by Gasteiger charge is 2.40. The summed E-state index contributed by atoms with van der Waals surface area (Å²) in [6.45, 7) is 4.38. The third kappa shape index (κ3) is 4.43. The van der Waals surface area contributed by atoms with Gasteiger partial charge in [-0.15, -0.1) is 0 Å². The molecule has 4 nitrogen and oxygen atoms in total. The van der Waals surface area contributed by atoms with Gasteiger partial charge in [-0.1, -0.05) is 11.8 Å². The number of nitrogens with one attached hydrogen (secondary N) is 1. The van der Waals surface area contributed by atoms with Crippen molar-refractivity contribution in [3.8, 4) is 0 Å². The fourth-order valence-corrected chi connectivity index (χ4v) is 5.06. The van der Waals surface area contributed by atoms with Crippen LogP contribution in [0.4, 0.5) is 13.2 Å². The second-order valence-corrected chi connectivity index (χ2v) is 8.79. The molecule has 3 saturated heterocycles. The molecule has 5 rings (SSSR count). The summed E-state index contributed by atoms with van der Waals surface area (Å²) in [6.07, 6.45) is 0.0336. The zero-order valence-electron chi connectivity index (χ0n) is 15.9. The number of carbonyl (C=O) groups is 1. The minimum atomic E-state index is -4.42. The largest absolute Gasteiger partial charge is 0.417 e. The van der Waals surface area contributed by atoms with E-state index in [2.05, 4.69) is 22.1 Å². The number of benzene rings is 1. The molecule has 3 aliphatic heterocycles. The fraction of sp³-hybridized carbons (Fsp3) is 0.429. The van der Waals surface area contributed by atoms with Crippen LogP contribution in [0.2, 0.25) is 0 Å². The van der Waals surface area contributed by atoms with E-state index >= 15 is 0 Å². The third-order valence-electron chi connectivity index (χ3n) is 5.87. The number of pyridine rings is 1. The number of halogens is 3. The number of fused-ring (bicyclic) bond motifs is 3. The van der Waals surface area contributed by atoms with Gasteiger partial charge in [-0.05, 0) is 69.1 Å². The first kappa shape index (κ1) is 20.2. The monoisotopic (exact) mass is 421 g/mol. The molecule has 0 aliphatic carbocycles. The Morgan fingerprint density at radius 3 is 2.45 bits per heavy atom. The fourth-order valence-electron chi connectivity index (χ4n) is 4.22. The average molecular weight is 421 g/mol. The number of piperidine rings is 3. The zero-order chi connectivity index (χ0) is 20.6. The first-order chi connectivity index (χ1) is 13.8. The van der Waals surface area contributed by atoms with Crippen LogP contribution in [-0.2, 0) is 6.18 Å². The Kier molecular flexibility index (Phi) is 5.57. The molecular formula is C21H22F3N3OS. The van der Waals surface area contributed by atoms with Crippen LogP contribution >= 0.6 is 11.8 Å². The van der Waals surface area contributed by atoms with E-state index in [0.717, 1.165) is 43.1 Å². The van der Waals surface area contributed by atoms with Crippen LogP contribution in [-0.4, -0.2) is 41.0 Å². The molecule has 2 bridgehead atoms. The van der Waals surface area contributed by atoms with Gasteiger partial charge in [0.05, 0.1) is 5.56 Å². The van der Waals surface area contributed by atoms with Crippen LogP contribution in [0.15, 0.2) is 52.5 Å². The number of amides is 1. The van der Waals surface area contributed by atoms with Crippen LogP contribution in [0.1, 0.15) is 35.7 Å². The van der Waals surface area contributed by atoms with Gasteiger partial charge in [0.2, 0.25) is 0 Å². The molecule has 154 valence electrons. The normalized spacial score (nSPS) is 26.3. The van der Waals surface area contributed by atoms with E-state index < -0.39 is 11.7 Å². The van der Waals surface area contributed by atoms with Crippen molar-refractivity contribution in [2.24, 2.45) is 5.92 Å². The summed E-state index contributed by atoms with van der Waals surface area (Å²) in [5.41, 5.74) is -0.217. The number of carbonyl (C=O) groups excluding carboxylic acids is 1. The Hall–Kier alpha value is -2.06. The lowest BCUT2D eigenvalue weighted by atomic mass is 9.79. The standard InChI is InChI=1S/C21H22F3N3OS/c1-13-19(14-6-8-27(13)9-7-14)26-20(28)15-2-4-17(5-3-15)29-18-10-16(11-25-12-18)21(22,23)24/h2-5,10-14,19H,6-9H2,1H3,(H,26,28). The maximum absolute atomic E-state index is 12.8. The highest BCUT2D eigenvalue weighted by atomic mass is 32.2. The van der Waals surface area contributed by atoms with Crippen LogP contribution in [0.3, 0.4) is 0 Å².